The maximum atomic E-state index is 14.3. The number of hydrogen-bond donors (Lipinski definition) is 10. The number of sulfonamides is 2. The molecule has 4 saturated carbocycles. The Morgan fingerprint density at radius 1 is 0.631 bits per heavy atom. The van der Waals surface area contributed by atoms with Gasteiger partial charge in [-0.05, 0) is 167 Å². The van der Waals surface area contributed by atoms with Crippen LogP contribution in [0.25, 0.3) is 21.5 Å². The molecule has 0 bridgehead atoms. The van der Waals surface area contributed by atoms with E-state index in [9.17, 15) is 65.4 Å². The topological polar surface area (TPSA) is 434 Å². The van der Waals surface area contributed by atoms with Crippen molar-refractivity contribution in [1.82, 2.24) is 50.9 Å². The van der Waals surface area contributed by atoms with Gasteiger partial charge in [-0.15, -0.1) is 13.2 Å². The quantitative estimate of drug-likeness (QED) is 0.0410. The summed E-state index contributed by atoms with van der Waals surface area (Å²) in [6, 6.07) is 9.75. The van der Waals surface area contributed by atoms with Crippen molar-refractivity contribution in [3.8, 4) is 23.3 Å². The smallest absolute Gasteiger partial charge is 0.408 e. The molecule has 0 spiro atoms. The summed E-state index contributed by atoms with van der Waals surface area (Å²) in [4.78, 5) is 112. The third-order valence-corrected chi connectivity index (χ3v) is 21.0. The fourth-order valence-corrected chi connectivity index (χ4v) is 14.2. The molecule has 4 aromatic rings. The van der Waals surface area contributed by atoms with Crippen LogP contribution in [0.3, 0.4) is 0 Å². The van der Waals surface area contributed by atoms with Crippen LogP contribution in [-0.4, -0.2) is 202 Å². The van der Waals surface area contributed by atoms with Gasteiger partial charge in [0.25, 0.3) is 11.8 Å². The molecule has 0 radical (unpaired) electrons. The Bertz CT molecular complexity index is 4100. The van der Waals surface area contributed by atoms with Crippen molar-refractivity contribution in [2.75, 3.05) is 27.3 Å². The number of ether oxygens (including phenoxy) is 6. The van der Waals surface area contributed by atoms with Crippen molar-refractivity contribution >= 4 is 111 Å². The number of likely N-dealkylation sites (tertiary alicyclic amines) is 1. The normalized spacial score (nSPS) is 23.4. The molecule has 31 nitrogen and oxygen atoms in total. The molecule has 4 heterocycles. The summed E-state index contributed by atoms with van der Waals surface area (Å²) in [6.45, 7) is 22.9. The molecule has 4 aliphatic carbocycles. The standard InChI is InChI=1S/C34H45N5O10S.C24H28N4O6S.C10H19NO5.Cl2/c1-8-20-17-34(20,30(42)38-50(45,46)23-10-11-23)37-27(40)25-16-22(48-28-24-12-9-21(47-7)15-19(24)13-14-35-28)18-39(25)29(41)26(33(5,6)44)36-31(43)49-32(2,3)4;1-3-15-12-24(15,23(30)28-35(31,32)18-5-6-18)27-21(29)20-11-17(13-26-20)34-22-19-7-4-16(33-2)10-14(19)8-9-25-22;1-9(2,3)16-8(14)11-6(7(12)13)10(4,5)15;1-2/h8-9,12-15,20,22-23,25-26,44H,1,10-11,16-18H2,2-7H3,(H,36,43)(H,37,40)(H,38,42);3-4,7-10,15,17-18,20,26H,1,5-6,11-13H2,2H3,(H,27,29)(H,28,30);6,15H,1-5H3,(H,11,14)(H,12,13);/t20-,22-,25+,26-,34-;15-,17-,20+,24-;6-;/m111./s1. The summed E-state index contributed by atoms with van der Waals surface area (Å²) in [5.74, 6) is -3.68. The zero-order valence-corrected chi connectivity index (χ0v) is 62.4. The number of aliphatic carboxylic acids is 1. The first-order valence-electron chi connectivity index (χ1n) is 33.0. The van der Waals surface area contributed by atoms with E-state index in [4.69, 9.17) is 33.5 Å². The second-order valence-electron chi connectivity index (χ2n) is 29.0. The van der Waals surface area contributed by atoms with E-state index in [1.54, 1.807) is 98.5 Å². The molecule has 2 aromatic carbocycles. The molecule has 35 heteroatoms. The van der Waals surface area contributed by atoms with Crippen molar-refractivity contribution in [1.29, 1.82) is 0 Å². The highest BCUT2D eigenvalue weighted by Gasteiger charge is 2.63. The SMILES string of the molecule is C=C[C@@H]1C[C@]1(NC(=O)[C@@H]1C[C@@H](Oc2nccc3cc(OC)ccc23)CN1)C(=O)NS(=O)(=O)C1CC1.C=C[C@@H]1C[C@]1(NC(=O)[C@@H]1C[C@@H](Oc2nccc3cc(OC)ccc23)CN1C(=O)[C@@H](NC(=O)OC(C)(C)C)C(C)(C)O)C(=O)NS(=O)(=O)C1CC1.CC(C)(C)OC(=O)N[C@H](C(=O)O)C(C)(C)O.ClCl. The largest absolute Gasteiger partial charge is 0.497 e. The lowest BCUT2D eigenvalue weighted by molar-refractivity contribution is -0.146. The minimum absolute atomic E-state index is 0.0619. The molecule has 2 aromatic heterocycles. The molecule has 7 amide bonds. The van der Waals surface area contributed by atoms with Crippen LogP contribution in [0.1, 0.15) is 121 Å². The second-order valence-corrected chi connectivity index (χ2v) is 32.9. The number of fused-ring (bicyclic) bond motifs is 2. The summed E-state index contributed by atoms with van der Waals surface area (Å²) in [5, 5.41) is 44.6. The predicted octanol–water partition coefficient (Wildman–Crippen LogP) is 5.06. The number of pyridine rings is 2. The minimum Gasteiger partial charge on any atom is -0.497 e. The first kappa shape index (κ1) is 82.0. The number of methoxy groups -OCH3 is 2. The minimum atomic E-state index is -3.92. The number of carbonyl (C=O) groups excluding carboxylic acids is 7. The predicted molar refractivity (Wildman–Crippen MR) is 379 cm³/mol. The van der Waals surface area contributed by atoms with E-state index in [2.05, 4.69) is 80.9 Å². The Morgan fingerprint density at radius 3 is 1.43 bits per heavy atom. The zero-order chi connectivity index (χ0) is 76.8. The van der Waals surface area contributed by atoms with Gasteiger partial charge >= 0.3 is 18.2 Å². The van der Waals surface area contributed by atoms with Crippen LogP contribution >= 0.6 is 21.7 Å². The van der Waals surface area contributed by atoms with Crippen molar-refractivity contribution < 1.29 is 98.9 Å². The highest BCUT2D eigenvalue weighted by atomic mass is 36.5. The molecule has 2 aliphatic heterocycles. The van der Waals surface area contributed by atoms with E-state index in [1.165, 1.54) is 38.7 Å². The summed E-state index contributed by atoms with van der Waals surface area (Å²) in [6.07, 6.45) is 5.98. The molecule has 10 atom stereocenters. The Hall–Kier alpha value is -8.34. The van der Waals surface area contributed by atoms with Gasteiger partial charge in [-0.1, -0.05) is 12.2 Å². The molecule has 0 unspecified atom stereocenters. The van der Waals surface area contributed by atoms with Crippen LogP contribution in [0.2, 0.25) is 0 Å². The number of carboxylic acids is 1. The molecule has 10 N–H and O–H groups in total. The van der Waals surface area contributed by atoms with Gasteiger partial charge in [0.1, 0.15) is 58.1 Å². The summed E-state index contributed by atoms with van der Waals surface area (Å²) in [5.41, 5.74) is -7.90. The van der Waals surface area contributed by atoms with Gasteiger partial charge < -0.3 is 75.2 Å². The highest BCUT2D eigenvalue weighted by molar-refractivity contribution is 7.91. The monoisotopic (exact) mass is 1520 g/mol. The highest BCUT2D eigenvalue weighted by Crippen LogP contribution is 2.47. The number of halogens is 2. The number of carboxylic acid groups (broad SMARTS) is 1. The van der Waals surface area contributed by atoms with E-state index in [1.807, 2.05) is 24.3 Å². The van der Waals surface area contributed by atoms with Gasteiger partial charge in [-0.25, -0.2) is 41.2 Å². The van der Waals surface area contributed by atoms with Gasteiger partial charge in [0, 0.05) is 76.1 Å². The Morgan fingerprint density at radius 2 is 1.05 bits per heavy atom. The molecule has 566 valence electrons. The van der Waals surface area contributed by atoms with Crippen molar-refractivity contribution in [3.05, 3.63) is 86.2 Å². The van der Waals surface area contributed by atoms with Crippen LogP contribution in [-0.2, 0) is 58.3 Å². The van der Waals surface area contributed by atoms with E-state index in [-0.39, 0.29) is 43.2 Å². The Labute approximate surface area is 607 Å². The van der Waals surface area contributed by atoms with Gasteiger partial charge in [0.2, 0.25) is 49.5 Å². The lowest BCUT2D eigenvalue weighted by Gasteiger charge is -2.35. The van der Waals surface area contributed by atoms with Crippen molar-refractivity contribution in [2.24, 2.45) is 11.8 Å². The molecule has 2 saturated heterocycles. The van der Waals surface area contributed by atoms with E-state index < -0.39 is 142 Å². The number of hydrogen-bond acceptors (Lipinski definition) is 23. The Kier molecular flexibility index (Phi) is 25.7. The summed E-state index contributed by atoms with van der Waals surface area (Å²) >= 11 is 0. The number of aliphatic hydroxyl groups is 2. The lowest BCUT2D eigenvalue weighted by atomic mass is 9.97. The number of amides is 7. The average molecular weight is 1520 g/mol. The molecular formula is C68H92Cl2N10O21S2. The number of benzene rings is 2. The second kappa shape index (κ2) is 32.4. The van der Waals surface area contributed by atoms with Crippen LogP contribution in [0, 0.1) is 11.8 Å². The van der Waals surface area contributed by atoms with Gasteiger partial charge in [0.05, 0.1) is 48.5 Å². The molecular weight excluding hydrogens is 1430 g/mol. The van der Waals surface area contributed by atoms with Crippen molar-refractivity contribution in [2.45, 2.75) is 201 Å². The van der Waals surface area contributed by atoms with E-state index >= 15 is 0 Å². The number of rotatable bonds is 24. The van der Waals surface area contributed by atoms with E-state index in [0.717, 1.165) is 21.9 Å². The summed E-state index contributed by atoms with van der Waals surface area (Å²) < 4.78 is 87.2. The van der Waals surface area contributed by atoms with Gasteiger partial charge in [-0.3, -0.25) is 33.4 Å². The maximum Gasteiger partial charge on any atom is 0.408 e. The molecule has 6 aliphatic rings. The average Bonchev–Trinajstić information content (AvgIpc) is 1.59. The number of carbonyl (C=O) groups is 8. The third kappa shape index (κ3) is 21.2. The van der Waals surface area contributed by atoms with Gasteiger partial charge in [0.15, 0.2) is 6.04 Å². The number of nitrogens with zero attached hydrogens (tertiary/aromatic N) is 3. The molecule has 6 fully saturated rings. The van der Waals surface area contributed by atoms with Crippen LogP contribution in [0.5, 0.6) is 23.3 Å². The van der Waals surface area contributed by atoms with Crippen LogP contribution in [0.15, 0.2) is 86.2 Å². The number of nitrogens with one attached hydrogen (secondary N) is 7. The van der Waals surface area contributed by atoms with Crippen LogP contribution in [0.4, 0.5) is 9.59 Å². The van der Waals surface area contributed by atoms with Crippen molar-refractivity contribution in [3.63, 3.8) is 0 Å². The summed E-state index contributed by atoms with van der Waals surface area (Å²) in [7, 11) is 3.74. The lowest BCUT2D eigenvalue weighted by Crippen LogP contribution is -2.62. The zero-order valence-electron chi connectivity index (χ0n) is 59.3. The first-order chi connectivity index (χ1) is 48.0. The van der Waals surface area contributed by atoms with Crippen LogP contribution < -0.4 is 55.0 Å². The third-order valence-electron chi connectivity index (χ3n) is 17.4. The molecule has 10 rings (SSSR count). The fourth-order valence-electron chi connectivity index (χ4n) is 11.5. The van der Waals surface area contributed by atoms with Gasteiger partial charge in [-0.2, -0.15) is 0 Å². The molecule has 103 heavy (non-hydrogen) atoms. The number of aromatic nitrogens is 2. The Balaban J connectivity index is 0.000000242. The first-order valence-corrected chi connectivity index (χ1v) is 37.2. The van der Waals surface area contributed by atoms with E-state index in [0.29, 0.717) is 62.1 Å². The maximum absolute atomic E-state index is 14.3. The number of alkyl carbamates (subject to hydrolysis) is 2. The fraction of sp³-hybridized carbons (Fsp3) is 0.559.